The van der Waals surface area contributed by atoms with Crippen molar-refractivity contribution >= 4 is 15.7 Å². The summed E-state index contributed by atoms with van der Waals surface area (Å²) < 4.78 is 35.8. The molecule has 0 radical (unpaired) electrons. The molecule has 0 spiro atoms. The molecule has 0 saturated heterocycles. The van der Waals surface area contributed by atoms with E-state index in [1.54, 1.807) is 12.1 Å². The molecule has 0 aromatic heterocycles. The molecular weight excluding hydrogens is 329 g/mol. The molecule has 0 aliphatic carbocycles. The molecule has 1 N–H and O–H groups in total. The predicted octanol–water partition coefficient (Wildman–Crippen LogP) is 2.86. The first-order valence-corrected chi connectivity index (χ1v) is 9.69. The molecule has 0 aliphatic heterocycles. The molecule has 0 saturated carbocycles. The zero-order chi connectivity index (χ0) is 17.6. The molecule has 0 heterocycles. The van der Waals surface area contributed by atoms with Crippen LogP contribution >= 0.6 is 0 Å². The van der Waals surface area contributed by atoms with Crippen LogP contribution in [0.4, 0.5) is 4.39 Å². The third-order valence-electron chi connectivity index (χ3n) is 3.54. The summed E-state index contributed by atoms with van der Waals surface area (Å²) in [6.45, 7) is 0. The van der Waals surface area contributed by atoms with Gasteiger partial charge < -0.3 is 5.32 Å². The van der Waals surface area contributed by atoms with E-state index in [9.17, 15) is 17.6 Å². The van der Waals surface area contributed by atoms with Crippen molar-refractivity contribution in [3.05, 3.63) is 71.5 Å². The van der Waals surface area contributed by atoms with Gasteiger partial charge in [0.25, 0.3) is 0 Å². The summed E-state index contributed by atoms with van der Waals surface area (Å²) in [5.41, 5.74) is 1.47. The molecule has 0 aliphatic rings. The average Bonchev–Trinajstić information content (AvgIpc) is 2.52. The minimum atomic E-state index is -3.09. The zero-order valence-electron chi connectivity index (χ0n) is 13.4. The first kappa shape index (κ1) is 18.1. The van der Waals surface area contributed by atoms with Gasteiger partial charge in [0.05, 0.1) is 11.8 Å². The molecule has 0 fully saturated rings. The lowest BCUT2D eigenvalue weighted by Crippen LogP contribution is -2.29. The van der Waals surface area contributed by atoms with Crippen molar-refractivity contribution in [2.45, 2.75) is 18.9 Å². The van der Waals surface area contributed by atoms with E-state index < -0.39 is 15.9 Å². The first-order valence-electron chi connectivity index (χ1n) is 7.62. The minimum absolute atomic E-state index is 0.0314. The lowest BCUT2D eigenvalue weighted by atomic mass is 9.98. The summed E-state index contributed by atoms with van der Waals surface area (Å²) in [5, 5.41) is 2.86. The molecular formula is C18H20FNO3S. The Morgan fingerprint density at radius 3 is 2.38 bits per heavy atom. The molecule has 1 atom stereocenters. The van der Waals surface area contributed by atoms with Crippen molar-refractivity contribution in [2.24, 2.45) is 0 Å². The van der Waals surface area contributed by atoms with E-state index in [-0.39, 0.29) is 30.3 Å². The number of hydrogen-bond acceptors (Lipinski definition) is 3. The third-order valence-corrected chi connectivity index (χ3v) is 4.57. The number of benzene rings is 2. The zero-order valence-corrected chi connectivity index (χ0v) is 14.2. The number of amides is 1. The fraction of sp³-hybridized carbons (Fsp3) is 0.278. The van der Waals surface area contributed by atoms with Crippen molar-refractivity contribution in [2.75, 3.05) is 12.0 Å². The smallest absolute Gasteiger partial charge is 0.220 e. The van der Waals surface area contributed by atoms with Gasteiger partial charge >= 0.3 is 0 Å². The fourth-order valence-corrected chi connectivity index (χ4v) is 3.09. The number of carbonyl (C=O) groups excluding carboxylic acids is 1. The Bertz CT molecular complexity index is 791. The van der Waals surface area contributed by atoms with Gasteiger partial charge in [-0.3, -0.25) is 4.79 Å². The van der Waals surface area contributed by atoms with Gasteiger partial charge in [0.1, 0.15) is 15.7 Å². The van der Waals surface area contributed by atoms with Crippen molar-refractivity contribution in [1.29, 1.82) is 0 Å². The van der Waals surface area contributed by atoms with Gasteiger partial charge in [-0.05, 0) is 29.7 Å². The van der Waals surface area contributed by atoms with E-state index >= 15 is 0 Å². The number of rotatable bonds is 7. The monoisotopic (exact) mass is 349 g/mol. The van der Waals surface area contributed by atoms with E-state index in [0.29, 0.717) is 5.56 Å². The second kappa shape index (κ2) is 8.06. The van der Waals surface area contributed by atoms with Crippen LogP contribution in [0, 0.1) is 5.82 Å². The molecule has 2 aromatic carbocycles. The SMILES string of the molecule is CS(=O)(=O)CCCC(=O)N[C@@H](c1ccccc1)c1cccc(F)c1. The van der Waals surface area contributed by atoms with Gasteiger partial charge in [-0.15, -0.1) is 0 Å². The normalized spacial score (nSPS) is 12.6. The van der Waals surface area contributed by atoms with Gasteiger partial charge in [-0.2, -0.15) is 0 Å². The summed E-state index contributed by atoms with van der Waals surface area (Å²) in [6, 6.07) is 14.8. The second-order valence-corrected chi connectivity index (χ2v) is 7.96. The summed E-state index contributed by atoms with van der Waals surface area (Å²) in [5.74, 6) is -0.673. The van der Waals surface area contributed by atoms with Crippen molar-refractivity contribution in [3.63, 3.8) is 0 Å². The Morgan fingerprint density at radius 2 is 1.75 bits per heavy atom. The molecule has 0 bridgehead atoms. The van der Waals surface area contributed by atoms with Gasteiger partial charge in [-0.1, -0.05) is 42.5 Å². The topological polar surface area (TPSA) is 63.2 Å². The van der Waals surface area contributed by atoms with Crippen LogP contribution in [0.3, 0.4) is 0 Å². The van der Waals surface area contributed by atoms with Crippen LogP contribution < -0.4 is 5.32 Å². The van der Waals surface area contributed by atoms with Crippen molar-refractivity contribution in [1.82, 2.24) is 5.32 Å². The quantitative estimate of drug-likeness (QED) is 0.836. The Hall–Kier alpha value is -2.21. The molecule has 2 aromatic rings. The van der Waals surface area contributed by atoms with Gasteiger partial charge in [0.15, 0.2) is 0 Å². The highest BCUT2D eigenvalue weighted by Gasteiger charge is 2.17. The number of sulfone groups is 1. The van der Waals surface area contributed by atoms with Crippen LogP contribution in [-0.4, -0.2) is 26.3 Å². The predicted molar refractivity (Wildman–Crippen MR) is 91.8 cm³/mol. The third kappa shape index (κ3) is 5.77. The van der Waals surface area contributed by atoms with Crippen LogP contribution in [-0.2, 0) is 14.6 Å². The van der Waals surface area contributed by atoms with Gasteiger partial charge in [-0.25, -0.2) is 12.8 Å². The van der Waals surface area contributed by atoms with E-state index in [0.717, 1.165) is 11.8 Å². The first-order chi connectivity index (χ1) is 11.3. The summed E-state index contributed by atoms with van der Waals surface area (Å²) >= 11 is 0. The van der Waals surface area contributed by atoms with Crippen LogP contribution in [0.5, 0.6) is 0 Å². The number of halogens is 1. The Morgan fingerprint density at radius 1 is 1.08 bits per heavy atom. The van der Waals surface area contributed by atoms with Gasteiger partial charge in [0, 0.05) is 12.7 Å². The molecule has 6 heteroatoms. The standard InChI is InChI=1S/C18H20FNO3S/c1-24(22,23)12-6-11-17(21)20-18(14-7-3-2-4-8-14)15-9-5-10-16(19)13-15/h2-5,7-10,13,18H,6,11-12H2,1H3,(H,20,21)/t18-/m0/s1. The van der Waals surface area contributed by atoms with Crippen LogP contribution in [0.1, 0.15) is 30.0 Å². The maximum atomic E-state index is 13.5. The molecule has 4 nitrogen and oxygen atoms in total. The summed E-state index contributed by atoms with van der Waals surface area (Å²) in [6.07, 6.45) is 1.51. The number of carbonyl (C=O) groups is 1. The second-order valence-electron chi connectivity index (χ2n) is 5.70. The minimum Gasteiger partial charge on any atom is -0.345 e. The van der Waals surface area contributed by atoms with Gasteiger partial charge in [0.2, 0.25) is 5.91 Å². The average molecular weight is 349 g/mol. The molecule has 24 heavy (non-hydrogen) atoms. The van der Waals surface area contributed by atoms with Crippen molar-refractivity contribution in [3.8, 4) is 0 Å². The highest BCUT2D eigenvalue weighted by molar-refractivity contribution is 7.90. The van der Waals surface area contributed by atoms with Crippen molar-refractivity contribution < 1.29 is 17.6 Å². The number of nitrogens with one attached hydrogen (secondary N) is 1. The Kier molecular flexibility index (Phi) is 6.09. The molecule has 128 valence electrons. The lowest BCUT2D eigenvalue weighted by Gasteiger charge is -2.20. The Balaban J connectivity index is 2.14. The van der Waals surface area contributed by atoms with E-state index in [2.05, 4.69) is 5.32 Å². The van der Waals surface area contributed by atoms with E-state index in [4.69, 9.17) is 0 Å². The molecule has 1 amide bonds. The maximum Gasteiger partial charge on any atom is 0.220 e. The lowest BCUT2D eigenvalue weighted by molar-refractivity contribution is -0.121. The summed E-state index contributed by atoms with van der Waals surface area (Å²) in [7, 11) is -3.09. The van der Waals surface area contributed by atoms with Crippen LogP contribution in [0.2, 0.25) is 0 Å². The maximum absolute atomic E-state index is 13.5. The van der Waals surface area contributed by atoms with E-state index in [1.165, 1.54) is 12.1 Å². The largest absolute Gasteiger partial charge is 0.345 e. The summed E-state index contributed by atoms with van der Waals surface area (Å²) in [4.78, 5) is 12.2. The molecule has 0 unspecified atom stereocenters. The highest BCUT2D eigenvalue weighted by atomic mass is 32.2. The molecule has 2 rings (SSSR count). The Labute approximate surface area is 141 Å². The number of hydrogen-bond donors (Lipinski definition) is 1. The highest BCUT2D eigenvalue weighted by Crippen LogP contribution is 2.22. The van der Waals surface area contributed by atoms with Crippen LogP contribution in [0.25, 0.3) is 0 Å². The van der Waals surface area contributed by atoms with E-state index in [1.807, 2.05) is 30.3 Å². The van der Waals surface area contributed by atoms with Crippen LogP contribution in [0.15, 0.2) is 54.6 Å². The fourth-order valence-electron chi connectivity index (χ4n) is 2.42.